The average molecular weight is 360 g/mol. The van der Waals surface area contributed by atoms with Crippen LogP contribution in [0.5, 0.6) is 0 Å². The lowest BCUT2D eigenvalue weighted by Crippen LogP contribution is -2.12. The Morgan fingerprint density at radius 3 is 2.42 bits per heavy atom. The van der Waals surface area contributed by atoms with E-state index in [1.54, 1.807) is 47.3 Å². The molecule has 0 aliphatic rings. The summed E-state index contributed by atoms with van der Waals surface area (Å²) in [6, 6.07) is 14.5. The van der Waals surface area contributed by atoms with Crippen molar-refractivity contribution in [2.24, 2.45) is 0 Å². The van der Waals surface area contributed by atoms with Crippen molar-refractivity contribution in [1.82, 2.24) is 9.78 Å². The second kappa shape index (κ2) is 7.07. The second-order valence-corrected chi connectivity index (χ2v) is 6.23. The molecule has 0 fully saturated rings. The highest BCUT2D eigenvalue weighted by atomic mass is 35.5. The van der Waals surface area contributed by atoms with E-state index < -0.39 is 0 Å². The van der Waals surface area contributed by atoms with Crippen LogP contribution in [0.3, 0.4) is 0 Å². The molecule has 0 spiro atoms. The highest BCUT2D eigenvalue weighted by Crippen LogP contribution is 2.25. The summed E-state index contributed by atoms with van der Waals surface area (Å²) in [6.45, 7) is 2.40. The van der Waals surface area contributed by atoms with E-state index in [0.717, 1.165) is 11.1 Å². The molecule has 0 atom stereocenters. The molecule has 0 aliphatic heterocycles. The lowest BCUT2D eigenvalue weighted by Gasteiger charge is -2.07. The number of aromatic nitrogens is 2. The van der Waals surface area contributed by atoms with Crippen molar-refractivity contribution in [1.29, 1.82) is 0 Å². The van der Waals surface area contributed by atoms with Gasteiger partial charge in [-0.3, -0.25) is 9.48 Å². The third-order valence-corrected chi connectivity index (χ3v) is 4.29. The van der Waals surface area contributed by atoms with E-state index in [-0.39, 0.29) is 5.91 Å². The molecular formula is C18H15Cl2N3O. The van der Waals surface area contributed by atoms with E-state index in [4.69, 9.17) is 23.2 Å². The molecule has 4 nitrogen and oxygen atoms in total. The molecule has 3 aromatic rings. The Labute approximate surface area is 150 Å². The van der Waals surface area contributed by atoms with E-state index in [0.29, 0.717) is 28.0 Å². The molecule has 0 bridgehead atoms. The number of rotatable bonds is 4. The molecule has 0 saturated heterocycles. The maximum Gasteiger partial charge on any atom is 0.256 e. The van der Waals surface area contributed by atoms with Gasteiger partial charge in [-0.2, -0.15) is 5.10 Å². The van der Waals surface area contributed by atoms with Gasteiger partial charge in [0.1, 0.15) is 0 Å². The normalized spacial score (nSPS) is 10.6. The van der Waals surface area contributed by atoms with Crippen LogP contribution in [0.15, 0.2) is 54.7 Å². The Kier molecular flexibility index (Phi) is 4.88. The number of hydrogen-bond acceptors (Lipinski definition) is 2. The smallest absolute Gasteiger partial charge is 0.256 e. The maximum atomic E-state index is 12.2. The number of aryl methyl sites for hydroxylation is 1. The number of hydrogen-bond donors (Lipinski definition) is 1. The molecule has 6 heteroatoms. The van der Waals surface area contributed by atoms with Crippen molar-refractivity contribution in [3.05, 3.63) is 81.5 Å². The van der Waals surface area contributed by atoms with Gasteiger partial charge in [-0.1, -0.05) is 47.0 Å². The molecular weight excluding hydrogens is 345 g/mol. The van der Waals surface area contributed by atoms with Gasteiger partial charge in [0.15, 0.2) is 5.82 Å². The van der Waals surface area contributed by atoms with Gasteiger partial charge in [0.05, 0.1) is 6.54 Å². The molecule has 2 aromatic carbocycles. The zero-order valence-corrected chi connectivity index (χ0v) is 14.5. The molecule has 1 heterocycles. The van der Waals surface area contributed by atoms with Crippen LogP contribution in [-0.2, 0) is 6.54 Å². The van der Waals surface area contributed by atoms with E-state index >= 15 is 0 Å². The number of carbonyl (C=O) groups excluding carboxylic acids is 1. The Morgan fingerprint density at radius 2 is 1.75 bits per heavy atom. The summed E-state index contributed by atoms with van der Waals surface area (Å²) in [6.07, 6.45) is 1.77. The first-order chi connectivity index (χ1) is 11.5. The standard InChI is InChI=1S/C18H15Cl2N3O/c1-12-5-7-13(8-6-12)18(24)21-17-9-10-23(22-17)11-14-15(19)3-2-4-16(14)20/h2-10H,11H2,1H3,(H,21,22,24). The van der Waals surface area contributed by atoms with Crippen LogP contribution >= 0.6 is 23.2 Å². The minimum atomic E-state index is -0.198. The van der Waals surface area contributed by atoms with E-state index in [9.17, 15) is 4.79 Å². The first-order valence-corrected chi connectivity index (χ1v) is 8.13. The largest absolute Gasteiger partial charge is 0.305 e. The molecule has 24 heavy (non-hydrogen) atoms. The zero-order chi connectivity index (χ0) is 17.1. The first-order valence-electron chi connectivity index (χ1n) is 7.37. The van der Waals surface area contributed by atoms with Crippen molar-refractivity contribution in [3.8, 4) is 0 Å². The van der Waals surface area contributed by atoms with Crippen molar-refractivity contribution < 1.29 is 4.79 Å². The zero-order valence-electron chi connectivity index (χ0n) is 13.0. The van der Waals surface area contributed by atoms with Crippen molar-refractivity contribution >= 4 is 34.9 Å². The van der Waals surface area contributed by atoms with Crippen molar-refractivity contribution in [2.75, 3.05) is 5.32 Å². The van der Waals surface area contributed by atoms with Gasteiger partial charge >= 0.3 is 0 Å². The number of benzene rings is 2. The minimum absolute atomic E-state index is 0.198. The van der Waals surface area contributed by atoms with Gasteiger partial charge in [-0.05, 0) is 31.2 Å². The van der Waals surface area contributed by atoms with Crippen LogP contribution in [0, 0.1) is 6.92 Å². The first kappa shape index (κ1) is 16.6. The van der Waals surface area contributed by atoms with E-state index in [1.165, 1.54) is 0 Å². The molecule has 0 aliphatic carbocycles. The monoisotopic (exact) mass is 359 g/mol. The second-order valence-electron chi connectivity index (χ2n) is 5.42. The highest BCUT2D eigenvalue weighted by Gasteiger charge is 2.10. The minimum Gasteiger partial charge on any atom is -0.305 e. The lowest BCUT2D eigenvalue weighted by atomic mass is 10.1. The number of nitrogens with zero attached hydrogens (tertiary/aromatic N) is 2. The van der Waals surface area contributed by atoms with Gasteiger partial charge in [0.2, 0.25) is 0 Å². The topological polar surface area (TPSA) is 46.9 Å². The number of halogens is 2. The maximum absolute atomic E-state index is 12.2. The fourth-order valence-corrected chi connectivity index (χ4v) is 2.77. The quantitative estimate of drug-likeness (QED) is 0.727. The summed E-state index contributed by atoms with van der Waals surface area (Å²) >= 11 is 12.3. The van der Waals surface area contributed by atoms with Gasteiger partial charge in [0.25, 0.3) is 5.91 Å². The molecule has 122 valence electrons. The Hall–Kier alpha value is -2.30. The third-order valence-electron chi connectivity index (χ3n) is 3.58. The van der Waals surface area contributed by atoms with Crippen molar-refractivity contribution in [3.63, 3.8) is 0 Å². The fourth-order valence-electron chi connectivity index (χ4n) is 2.26. The van der Waals surface area contributed by atoms with Gasteiger partial charge in [-0.15, -0.1) is 0 Å². The Morgan fingerprint density at radius 1 is 1.08 bits per heavy atom. The van der Waals surface area contributed by atoms with Crippen LogP contribution in [0.1, 0.15) is 21.5 Å². The molecule has 1 N–H and O–H groups in total. The fraction of sp³-hybridized carbons (Fsp3) is 0.111. The van der Waals surface area contributed by atoms with Crippen LogP contribution in [-0.4, -0.2) is 15.7 Å². The lowest BCUT2D eigenvalue weighted by molar-refractivity contribution is 0.102. The number of nitrogens with one attached hydrogen (secondary N) is 1. The third kappa shape index (κ3) is 3.78. The Balaban J connectivity index is 1.71. The Bertz CT molecular complexity index is 852. The summed E-state index contributed by atoms with van der Waals surface area (Å²) in [7, 11) is 0. The number of anilines is 1. The number of carbonyl (C=O) groups is 1. The molecule has 0 saturated carbocycles. The van der Waals surface area contributed by atoms with E-state index in [2.05, 4.69) is 10.4 Å². The average Bonchev–Trinajstić information content (AvgIpc) is 2.99. The van der Waals surface area contributed by atoms with E-state index in [1.807, 2.05) is 19.1 Å². The summed E-state index contributed by atoms with van der Waals surface area (Å²) in [4.78, 5) is 12.2. The number of amides is 1. The van der Waals surface area contributed by atoms with Crippen LogP contribution in [0.2, 0.25) is 10.0 Å². The summed E-state index contributed by atoms with van der Waals surface area (Å²) in [5, 5.41) is 8.29. The molecule has 0 radical (unpaired) electrons. The van der Waals surface area contributed by atoms with Crippen LogP contribution in [0.4, 0.5) is 5.82 Å². The van der Waals surface area contributed by atoms with Gasteiger partial charge in [0, 0.05) is 33.4 Å². The molecule has 1 amide bonds. The van der Waals surface area contributed by atoms with Crippen LogP contribution in [0.25, 0.3) is 0 Å². The summed E-state index contributed by atoms with van der Waals surface area (Å²) in [5.41, 5.74) is 2.48. The molecule has 0 unspecified atom stereocenters. The molecule has 1 aromatic heterocycles. The van der Waals surface area contributed by atoms with Gasteiger partial charge < -0.3 is 5.32 Å². The molecule has 3 rings (SSSR count). The van der Waals surface area contributed by atoms with Gasteiger partial charge in [-0.25, -0.2) is 0 Å². The summed E-state index contributed by atoms with van der Waals surface area (Å²) in [5.74, 6) is 0.278. The summed E-state index contributed by atoms with van der Waals surface area (Å²) < 4.78 is 1.68. The van der Waals surface area contributed by atoms with Crippen LogP contribution < -0.4 is 5.32 Å². The van der Waals surface area contributed by atoms with Crippen molar-refractivity contribution in [2.45, 2.75) is 13.5 Å². The SMILES string of the molecule is Cc1ccc(C(=O)Nc2ccn(Cc3c(Cl)cccc3Cl)n2)cc1. The predicted molar refractivity (Wildman–Crippen MR) is 96.9 cm³/mol. The highest BCUT2D eigenvalue weighted by molar-refractivity contribution is 6.35. The predicted octanol–water partition coefficient (Wildman–Crippen LogP) is 4.80.